The van der Waals surface area contributed by atoms with Crippen LogP contribution in [0.2, 0.25) is 0 Å². The molecule has 0 saturated heterocycles. The van der Waals surface area contributed by atoms with Crippen molar-refractivity contribution in [2.75, 3.05) is 27.1 Å². The molecule has 0 bridgehead atoms. The maximum atomic E-state index is 12.7. The van der Waals surface area contributed by atoms with Gasteiger partial charge in [-0.25, -0.2) is 5.43 Å². The smallest absolute Gasteiger partial charge is 0.342 e. The van der Waals surface area contributed by atoms with Crippen LogP contribution in [0.1, 0.15) is 18.9 Å². The molecule has 1 heterocycles. The maximum absolute atomic E-state index is 12.7. The van der Waals surface area contributed by atoms with Crippen molar-refractivity contribution in [2.24, 2.45) is 5.10 Å². The summed E-state index contributed by atoms with van der Waals surface area (Å²) in [7, 11) is 4.67. The normalized spacial score (nSPS) is 11.2. The van der Waals surface area contributed by atoms with E-state index in [4.69, 9.17) is 14.2 Å². The van der Waals surface area contributed by atoms with Crippen LogP contribution >= 0.6 is 11.8 Å². The lowest BCUT2D eigenvalue weighted by Crippen LogP contribution is -2.34. The van der Waals surface area contributed by atoms with Crippen LogP contribution in [0, 0.1) is 0 Å². The first-order valence-electron chi connectivity index (χ1n) is 12.1. The molecule has 0 aliphatic rings. The Balaban J connectivity index is 1.61. The molecule has 0 spiro atoms. The molecule has 3 aromatic carbocycles. The highest BCUT2D eigenvalue weighted by Gasteiger charge is 2.27. The molecule has 1 aromatic heterocycles. The van der Waals surface area contributed by atoms with Gasteiger partial charge in [-0.05, 0) is 48.0 Å². The largest absolute Gasteiger partial charge is 0.872 e. The van der Waals surface area contributed by atoms with Crippen molar-refractivity contribution in [1.82, 2.24) is 15.6 Å². The molecule has 0 unspecified atom stereocenters. The second-order valence-electron chi connectivity index (χ2n) is 8.20. The van der Waals surface area contributed by atoms with Gasteiger partial charge in [-0.3, -0.25) is 4.79 Å². The van der Waals surface area contributed by atoms with Gasteiger partial charge in [0, 0.05) is 0 Å². The van der Waals surface area contributed by atoms with Gasteiger partial charge in [-0.15, -0.1) is 10.8 Å². The number of rotatable bonds is 11. The number of hydrogen-bond donors (Lipinski definition) is 2. The number of hydrogen-bond acceptors (Lipinski definition) is 8. The summed E-state index contributed by atoms with van der Waals surface area (Å²) in [6.45, 7) is 1.93. The van der Waals surface area contributed by atoms with Gasteiger partial charge in [0.05, 0.1) is 43.5 Å². The standard InChI is InChI=1S/C28H29N5O5S/c1-5-22(18-11-13-21(34)14-12-18)29-30-25(35)17-39-28-32-31-27(33(28)20-9-7-6-8-10-20)19-15-23(36-2)26(38-4)24(16-19)37-3/h6-16H,5,17H2,1-4H3,(H2,29,30,34,35). The first-order valence-corrected chi connectivity index (χ1v) is 13.1. The summed E-state index contributed by atoms with van der Waals surface area (Å²) in [5.74, 6) is 1.86. The SMILES string of the molecule is CC/C(=N\NC(=O)CSc1n[nH]c(-c2cc(OC)c(OC)c(OC)c2)[n+]1-c1ccccc1)c1ccc([O-])cc1. The first-order chi connectivity index (χ1) is 19.0. The number of hydrazone groups is 1. The average Bonchev–Trinajstić information content (AvgIpc) is 3.40. The number of ether oxygens (including phenoxy) is 3. The highest BCUT2D eigenvalue weighted by atomic mass is 32.2. The number of thioether (sulfide) groups is 1. The molecule has 202 valence electrons. The minimum atomic E-state index is -0.289. The molecule has 0 atom stereocenters. The van der Waals surface area contributed by atoms with Crippen LogP contribution in [0.3, 0.4) is 0 Å². The fraction of sp³-hybridized carbons (Fsp3) is 0.214. The molecule has 39 heavy (non-hydrogen) atoms. The fourth-order valence-electron chi connectivity index (χ4n) is 3.91. The topological polar surface area (TPSA) is 125 Å². The van der Waals surface area contributed by atoms with E-state index in [1.165, 1.54) is 23.9 Å². The van der Waals surface area contributed by atoms with E-state index in [2.05, 4.69) is 20.7 Å². The van der Waals surface area contributed by atoms with E-state index >= 15 is 0 Å². The summed E-state index contributed by atoms with van der Waals surface area (Å²) < 4.78 is 18.4. The highest BCUT2D eigenvalue weighted by molar-refractivity contribution is 7.99. The van der Waals surface area contributed by atoms with Crippen molar-refractivity contribution in [3.8, 4) is 40.1 Å². The third kappa shape index (κ3) is 6.32. The van der Waals surface area contributed by atoms with Gasteiger partial charge in [0.1, 0.15) is 5.69 Å². The van der Waals surface area contributed by atoms with Gasteiger partial charge < -0.3 is 19.3 Å². The number of benzene rings is 3. The van der Waals surface area contributed by atoms with E-state index in [0.717, 1.165) is 16.8 Å². The molecule has 10 nitrogen and oxygen atoms in total. The fourth-order valence-corrected chi connectivity index (χ4v) is 4.67. The van der Waals surface area contributed by atoms with Crippen molar-refractivity contribution in [3.63, 3.8) is 0 Å². The van der Waals surface area contributed by atoms with Crippen molar-refractivity contribution in [2.45, 2.75) is 18.5 Å². The van der Waals surface area contributed by atoms with Crippen molar-refractivity contribution in [1.29, 1.82) is 0 Å². The average molecular weight is 548 g/mol. The minimum Gasteiger partial charge on any atom is -0.872 e. The molecule has 0 aliphatic carbocycles. The van der Waals surface area contributed by atoms with Crippen molar-refractivity contribution < 1.29 is 28.7 Å². The Hall–Kier alpha value is -4.51. The number of nitrogens with zero attached hydrogens (tertiary/aromatic N) is 3. The lowest BCUT2D eigenvalue weighted by molar-refractivity contribution is -0.625. The second-order valence-corrected chi connectivity index (χ2v) is 9.14. The first kappa shape index (κ1) is 27.5. The van der Waals surface area contributed by atoms with Crippen LogP contribution in [0.5, 0.6) is 23.0 Å². The van der Waals surface area contributed by atoms with Gasteiger partial charge in [-0.1, -0.05) is 49.4 Å². The second kappa shape index (κ2) is 12.8. The number of nitrogens with one attached hydrogen (secondary N) is 2. The zero-order valence-corrected chi connectivity index (χ0v) is 22.9. The molecule has 11 heteroatoms. The number of carbonyl (C=O) groups excluding carboxylic acids is 1. The molecule has 0 aliphatic heterocycles. The Morgan fingerprint density at radius 2 is 1.69 bits per heavy atom. The Kier molecular flexibility index (Phi) is 9.06. The Morgan fingerprint density at radius 3 is 2.28 bits per heavy atom. The summed E-state index contributed by atoms with van der Waals surface area (Å²) in [5, 5.41) is 23.8. The van der Waals surface area contributed by atoms with Gasteiger partial charge in [0.15, 0.2) is 11.5 Å². The van der Waals surface area contributed by atoms with Crippen LogP contribution in [-0.2, 0) is 4.79 Å². The van der Waals surface area contributed by atoms with E-state index in [1.807, 2.05) is 54.0 Å². The molecule has 4 rings (SSSR count). The zero-order chi connectivity index (χ0) is 27.8. The lowest BCUT2D eigenvalue weighted by atomic mass is 10.1. The number of H-pyrrole nitrogens is 1. The van der Waals surface area contributed by atoms with E-state index in [1.54, 1.807) is 33.5 Å². The summed E-state index contributed by atoms with van der Waals surface area (Å²) in [6, 6.07) is 19.7. The molecule has 0 saturated carbocycles. The monoisotopic (exact) mass is 547 g/mol. The third-order valence-electron chi connectivity index (χ3n) is 5.80. The Morgan fingerprint density at radius 1 is 1.03 bits per heavy atom. The maximum Gasteiger partial charge on any atom is 0.342 e. The summed E-state index contributed by atoms with van der Waals surface area (Å²) in [4.78, 5) is 12.7. The minimum absolute atomic E-state index is 0.0758. The van der Waals surface area contributed by atoms with Gasteiger partial charge in [0.25, 0.3) is 11.7 Å². The van der Waals surface area contributed by atoms with E-state index in [-0.39, 0.29) is 17.4 Å². The lowest BCUT2D eigenvalue weighted by Gasteiger charge is -2.13. The predicted molar refractivity (Wildman–Crippen MR) is 147 cm³/mol. The summed E-state index contributed by atoms with van der Waals surface area (Å²) >= 11 is 1.26. The number of para-hydroxylation sites is 1. The molecule has 0 fully saturated rings. The molecule has 2 N–H and O–H groups in total. The quantitative estimate of drug-likeness (QED) is 0.127. The van der Waals surface area contributed by atoms with Crippen LogP contribution in [0.4, 0.5) is 0 Å². The van der Waals surface area contributed by atoms with Crippen molar-refractivity contribution in [3.05, 3.63) is 72.3 Å². The Labute approximate surface area is 230 Å². The third-order valence-corrected chi connectivity index (χ3v) is 6.73. The van der Waals surface area contributed by atoms with E-state index < -0.39 is 0 Å². The van der Waals surface area contributed by atoms with Crippen molar-refractivity contribution >= 4 is 23.4 Å². The summed E-state index contributed by atoms with van der Waals surface area (Å²) in [6.07, 6.45) is 0.594. The van der Waals surface area contributed by atoms with Crippen LogP contribution < -0.4 is 29.3 Å². The molecule has 1 amide bonds. The van der Waals surface area contributed by atoms with E-state index in [9.17, 15) is 9.90 Å². The van der Waals surface area contributed by atoms with Gasteiger partial charge in [-0.2, -0.15) is 9.67 Å². The van der Waals surface area contributed by atoms with Crippen LogP contribution in [0.25, 0.3) is 17.1 Å². The molecular weight excluding hydrogens is 518 g/mol. The summed E-state index contributed by atoms with van der Waals surface area (Å²) in [5.41, 5.74) is 5.68. The number of aromatic amines is 1. The number of carbonyl (C=O) groups is 1. The van der Waals surface area contributed by atoms with Gasteiger partial charge >= 0.3 is 5.16 Å². The predicted octanol–water partition coefficient (Wildman–Crippen LogP) is 3.48. The highest BCUT2D eigenvalue weighted by Crippen LogP contribution is 2.40. The molecular formula is C28H29N5O5S. The molecule has 4 aromatic rings. The number of amides is 1. The van der Waals surface area contributed by atoms with E-state index in [0.29, 0.717) is 40.4 Å². The van der Waals surface area contributed by atoms with Gasteiger partial charge in [0.2, 0.25) is 5.75 Å². The molecule has 0 radical (unpaired) electrons. The number of methoxy groups -OCH3 is 3. The van der Waals surface area contributed by atoms with Crippen LogP contribution in [0.15, 0.2) is 77.0 Å². The Bertz CT molecular complexity index is 1430. The zero-order valence-electron chi connectivity index (χ0n) is 22.1. The van der Waals surface area contributed by atoms with Crippen LogP contribution in [-0.4, -0.2) is 48.9 Å². The number of aromatic nitrogens is 3.